The lowest BCUT2D eigenvalue weighted by Crippen LogP contribution is -2.47. The van der Waals surface area contributed by atoms with Gasteiger partial charge in [0.2, 0.25) is 0 Å². The van der Waals surface area contributed by atoms with Crippen molar-refractivity contribution in [1.82, 2.24) is 10.6 Å². The van der Waals surface area contributed by atoms with Gasteiger partial charge in [0.05, 0.1) is 6.61 Å². The standard InChI is InChI=1S/C17H31N3O.HI/c1-18-17(19-11-13-8-9-21-12-13)20-16-7-6-14-4-2-3-5-15(14)10-16;/h13-16H,2-12H2,1H3,(H2,18,19,20);1H. The zero-order chi connectivity index (χ0) is 14.5. The van der Waals surface area contributed by atoms with Gasteiger partial charge in [0.25, 0.3) is 0 Å². The summed E-state index contributed by atoms with van der Waals surface area (Å²) < 4.78 is 5.43. The predicted octanol–water partition coefficient (Wildman–Crippen LogP) is 3.16. The van der Waals surface area contributed by atoms with Crippen LogP contribution in [0.5, 0.6) is 0 Å². The Hall–Kier alpha value is -0.0400. The van der Waals surface area contributed by atoms with Crippen LogP contribution < -0.4 is 10.6 Å². The zero-order valence-corrected chi connectivity index (χ0v) is 16.2. The van der Waals surface area contributed by atoms with Crippen molar-refractivity contribution in [3.8, 4) is 0 Å². The molecule has 0 radical (unpaired) electrons. The zero-order valence-electron chi connectivity index (χ0n) is 13.9. The van der Waals surface area contributed by atoms with Gasteiger partial charge in [-0.25, -0.2) is 0 Å². The number of hydrogen-bond acceptors (Lipinski definition) is 2. The number of aliphatic imine (C=N–C) groups is 1. The molecule has 0 aromatic heterocycles. The highest BCUT2D eigenvalue weighted by Gasteiger charge is 2.32. The van der Waals surface area contributed by atoms with E-state index in [0.29, 0.717) is 12.0 Å². The summed E-state index contributed by atoms with van der Waals surface area (Å²) in [6, 6.07) is 0.621. The quantitative estimate of drug-likeness (QED) is 0.418. The fourth-order valence-electron chi connectivity index (χ4n) is 4.38. The van der Waals surface area contributed by atoms with Crippen molar-refractivity contribution in [3.05, 3.63) is 0 Å². The first-order valence-electron chi connectivity index (χ1n) is 8.90. The second kappa shape index (κ2) is 9.30. The molecule has 1 aliphatic heterocycles. The van der Waals surface area contributed by atoms with E-state index in [1.165, 1.54) is 51.4 Å². The Balaban J connectivity index is 0.00000176. The van der Waals surface area contributed by atoms with Gasteiger partial charge in [-0.05, 0) is 37.5 Å². The minimum atomic E-state index is 0. The summed E-state index contributed by atoms with van der Waals surface area (Å²) in [6.07, 6.45) is 11.1. The van der Waals surface area contributed by atoms with Crippen LogP contribution in [-0.2, 0) is 4.74 Å². The van der Waals surface area contributed by atoms with E-state index >= 15 is 0 Å². The molecule has 1 saturated heterocycles. The normalized spacial score (nSPS) is 35.4. The van der Waals surface area contributed by atoms with Gasteiger partial charge in [0.1, 0.15) is 0 Å². The largest absolute Gasteiger partial charge is 0.381 e. The van der Waals surface area contributed by atoms with Crippen molar-refractivity contribution >= 4 is 29.9 Å². The molecule has 0 spiro atoms. The number of halogens is 1. The number of guanidine groups is 1. The lowest BCUT2D eigenvalue weighted by atomic mass is 9.69. The van der Waals surface area contributed by atoms with E-state index in [-0.39, 0.29) is 24.0 Å². The van der Waals surface area contributed by atoms with Gasteiger partial charge in [-0.2, -0.15) is 0 Å². The molecule has 22 heavy (non-hydrogen) atoms. The van der Waals surface area contributed by atoms with Gasteiger partial charge in [-0.1, -0.05) is 25.7 Å². The van der Waals surface area contributed by atoms with Gasteiger partial charge in [-0.15, -0.1) is 24.0 Å². The minimum absolute atomic E-state index is 0. The number of nitrogens with one attached hydrogen (secondary N) is 2. The maximum atomic E-state index is 5.43. The molecule has 5 heteroatoms. The van der Waals surface area contributed by atoms with Crippen molar-refractivity contribution in [2.75, 3.05) is 26.8 Å². The molecule has 4 unspecified atom stereocenters. The van der Waals surface area contributed by atoms with Crippen molar-refractivity contribution in [2.24, 2.45) is 22.7 Å². The third kappa shape index (κ3) is 4.98. The molecule has 2 N–H and O–H groups in total. The van der Waals surface area contributed by atoms with Gasteiger partial charge < -0.3 is 15.4 Å². The van der Waals surface area contributed by atoms with Crippen molar-refractivity contribution in [2.45, 2.75) is 57.4 Å². The van der Waals surface area contributed by atoms with Crippen LogP contribution in [0.1, 0.15) is 51.4 Å². The molecule has 128 valence electrons. The third-order valence-corrected chi connectivity index (χ3v) is 5.69. The maximum absolute atomic E-state index is 5.43. The van der Waals surface area contributed by atoms with Crippen LogP contribution in [0, 0.1) is 17.8 Å². The van der Waals surface area contributed by atoms with Crippen LogP contribution in [0.3, 0.4) is 0 Å². The molecule has 1 heterocycles. The van der Waals surface area contributed by atoms with Crippen molar-refractivity contribution in [1.29, 1.82) is 0 Å². The van der Waals surface area contributed by atoms with E-state index in [2.05, 4.69) is 15.6 Å². The Kier molecular flexibility index (Phi) is 7.74. The van der Waals surface area contributed by atoms with E-state index in [4.69, 9.17) is 4.74 Å². The molecule has 0 amide bonds. The van der Waals surface area contributed by atoms with Crippen LogP contribution in [0.2, 0.25) is 0 Å². The van der Waals surface area contributed by atoms with Gasteiger partial charge in [-0.3, -0.25) is 4.99 Å². The molecular weight excluding hydrogens is 389 g/mol. The third-order valence-electron chi connectivity index (χ3n) is 5.69. The first-order valence-corrected chi connectivity index (χ1v) is 8.90. The average molecular weight is 421 g/mol. The van der Waals surface area contributed by atoms with Crippen LogP contribution in [0.4, 0.5) is 0 Å². The second-order valence-electron chi connectivity index (χ2n) is 7.14. The Bertz CT molecular complexity index is 358. The van der Waals surface area contributed by atoms with E-state index < -0.39 is 0 Å². The summed E-state index contributed by atoms with van der Waals surface area (Å²) in [5.41, 5.74) is 0. The van der Waals surface area contributed by atoms with Crippen molar-refractivity contribution in [3.63, 3.8) is 0 Å². The fourth-order valence-corrected chi connectivity index (χ4v) is 4.38. The first-order chi connectivity index (χ1) is 10.3. The summed E-state index contributed by atoms with van der Waals surface area (Å²) in [7, 11) is 1.88. The maximum Gasteiger partial charge on any atom is 0.191 e. The molecule has 0 aromatic rings. The van der Waals surface area contributed by atoms with Gasteiger partial charge in [0.15, 0.2) is 5.96 Å². The molecule has 0 bridgehead atoms. The fraction of sp³-hybridized carbons (Fsp3) is 0.941. The molecule has 2 saturated carbocycles. The summed E-state index contributed by atoms with van der Waals surface area (Å²) in [5, 5.41) is 7.15. The molecule has 3 fully saturated rings. The highest BCUT2D eigenvalue weighted by atomic mass is 127. The molecule has 2 aliphatic carbocycles. The van der Waals surface area contributed by atoms with Crippen LogP contribution >= 0.6 is 24.0 Å². The van der Waals surface area contributed by atoms with Crippen LogP contribution in [0.15, 0.2) is 4.99 Å². The number of ether oxygens (including phenoxy) is 1. The number of rotatable bonds is 3. The molecule has 3 rings (SSSR count). The number of fused-ring (bicyclic) bond motifs is 1. The highest BCUT2D eigenvalue weighted by molar-refractivity contribution is 14.0. The number of nitrogens with zero attached hydrogens (tertiary/aromatic N) is 1. The predicted molar refractivity (Wildman–Crippen MR) is 102 cm³/mol. The first kappa shape index (κ1) is 18.3. The SMILES string of the molecule is CN=C(NCC1CCOC1)NC1CCC2CCCCC2C1.I. The summed E-state index contributed by atoms with van der Waals surface area (Å²) >= 11 is 0. The lowest BCUT2D eigenvalue weighted by molar-refractivity contribution is 0.150. The Morgan fingerprint density at radius 2 is 1.91 bits per heavy atom. The van der Waals surface area contributed by atoms with Gasteiger partial charge in [0, 0.05) is 32.2 Å². The highest BCUT2D eigenvalue weighted by Crippen LogP contribution is 2.40. The van der Waals surface area contributed by atoms with Crippen LogP contribution in [-0.4, -0.2) is 38.8 Å². The summed E-state index contributed by atoms with van der Waals surface area (Å²) in [6.45, 7) is 2.81. The summed E-state index contributed by atoms with van der Waals surface area (Å²) in [4.78, 5) is 4.40. The Labute approximate surface area is 152 Å². The van der Waals surface area contributed by atoms with Crippen molar-refractivity contribution < 1.29 is 4.74 Å². The monoisotopic (exact) mass is 421 g/mol. The second-order valence-corrected chi connectivity index (χ2v) is 7.14. The van der Waals surface area contributed by atoms with Gasteiger partial charge >= 0.3 is 0 Å². The Morgan fingerprint density at radius 3 is 2.64 bits per heavy atom. The number of hydrogen-bond donors (Lipinski definition) is 2. The Morgan fingerprint density at radius 1 is 1.09 bits per heavy atom. The molecule has 4 nitrogen and oxygen atoms in total. The molecule has 0 aromatic carbocycles. The molecule has 4 atom stereocenters. The van der Waals surface area contributed by atoms with E-state index in [1.54, 1.807) is 0 Å². The minimum Gasteiger partial charge on any atom is -0.381 e. The molecule has 3 aliphatic rings. The topological polar surface area (TPSA) is 45.7 Å². The van der Waals surface area contributed by atoms with E-state index in [9.17, 15) is 0 Å². The van der Waals surface area contributed by atoms with E-state index in [1.807, 2.05) is 7.05 Å². The van der Waals surface area contributed by atoms with E-state index in [0.717, 1.165) is 37.6 Å². The molecular formula is C17H32IN3O. The van der Waals surface area contributed by atoms with Crippen LogP contribution in [0.25, 0.3) is 0 Å². The average Bonchev–Trinajstić information content (AvgIpc) is 3.04. The lowest BCUT2D eigenvalue weighted by Gasteiger charge is -2.39. The smallest absolute Gasteiger partial charge is 0.191 e. The summed E-state index contributed by atoms with van der Waals surface area (Å²) in [5.74, 6) is 3.62.